The fraction of sp³-hybridized carbons (Fsp3) is 0.529. The van der Waals surface area contributed by atoms with Gasteiger partial charge in [-0.25, -0.2) is 4.98 Å². The third-order valence-corrected chi connectivity index (χ3v) is 4.57. The smallest absolute Gasteiger partial charge is 0.143 e. The van der Waals surface area contributed by atoms with Gasteiger partial charge in [-0.15, -0.1) is 0 Å². The topological polar surface area (TPSA) is 46.0 Å². The summed E-state index contributed by atoms with van der Waals surface area (Å²) in [6.07, 6.45) is 3.95. The van der Waals surface area contributed by atoms with Crippen LogP contribution in [0.1, 0.15) is 37.2 Å². The van der Waals surface area contributed by atoms with E-state index in [9.17, 15) is 0 Å². The van der Waals surface area contributed by atoms with Gasteiger partial charge in [-0.05, 0) is 38.3 Å². The lowest BCUT2D eigenvalue weighted by Gasteiger charge is -2.35. The summed E-state index contributed by atoms with van der Waals surface area (Å²) in [5, 5.41) is 7.85. The molecule has 1 aromatic carbocycles. The van der Waals surface area contributed by atoms with E-state index in [4.69, 9.17) is 0 Å². The SMILES string of the molecule is Cc1ccccc1N1CCC(NC(C)c2ncnn2C)CC1. The molecule has 0 radical (unpaired) electrons. The third-order valence-electron chi connectivity index (χ3n) is 4.57. The largest absolute Gasteiger partial charge is 0.371 e. The molecule has 0 spiro atoms. The molecule has 1 fully saturated rings. The Balaban J connectivity index is 1.56. The molecule has 2 aromatic rings. The summed E-state index contributed by atoms with van der Waals surface area (Å²) in [4.78, 5) is 6.83. The average molecular weight is 299 g/mol. The summed E-state index contributed by atoms with van der Waals surface area (Å²) in [7, 11) is 1.95. The number of rotatable bonds is 4. The molecule has 22 heavy (non-hydrogen) atoms. The lowest BCUT2D eigenvalue weighted by molar-refractivity contribution is 0.368. The number of hydrogen-bond acceptors (Lipinski definition) is 4. The summed E-state index contributed by atoms with van der Waals surface area (Å²) < 4.78 is 1.85. The van der Waals surface area contributed by atoms with Gasteiger partial charge in [-0.3, -0.25) is 4.68 Å². The third kappa shape index (κ3) is 3.14. The Hall–Kier alpha value is -1.88. The van der Waals surface area contributed by atoms with Gasteiger partial charge < -0.3 is 10.2 Å². The molecule has 1 aliphatic heterocycles. The maximum atomic E-state index is 4.33. The molecule has 0 amide bonds. The summed E-state index contributed by atoms with van der Waals surface area (Å²) >= 11 is 0. The van der Waals surface area contributed by atoms with Crippen LogP contribution in [0.5, 0.6) is 0 Å². The second-order valence-electron chi connectivity index (χ2n) is 6.18. The standard InChI is InChI=1S/C17H25N5/c1-13-6-4-5-7-16(13)22-10-8-15(9-11-22)20-14(2)17-18-12-19-21(17)3/h4-7,12,14-15,20H,8-11H2,1-3H3. The maximum Gasteiger partial charge on any atom is 0.143 e. The van der Waals surface area contributed by atoms with Crippen LogP contribution in [0.2, 0.25) is 0 Å². The molecule has 1 unspecified atom stereocenters. The summed E-state index contributed by atoms with van der Waals surface area (Å²) in [5.41, 5.74) is 2.74. The fourth-order valence-corrected chi connectivity index (χ4v) is 3.33. The zero-order valence-electron chi connectivity index (χ0n) is 13.7. The van der Waals surface area contributed by atoms with Gasteiger partial charge in [0.15, 0.2) is 0 Å². The number of para-hydroxylation sites is 1. The Morgan fingerprint density at radius 2 is 1.95 bits per heavy atom. The van der Waals surface area contributed by atoms with Gasteiger partial charge in [0.05, 0.1) is 6.04 Å². The van der Waals surface area contributed by atoms with Crippen LogP contribution in [-0.4, -0.2) is 33.9 Å². The number of hydrogen-bond donors (Lipinski definition) is 1. The van der Waals surface area contributed by atoms with E-state index in [1.807, 2.05) is 11.7 Å². The highest BCUT2D eigenvalue weighted by Gasteiger charge is 2.22. The monoisotopic (exact) mass is 299 g/mol. The summed E-state index contributed by atoms with van der Waals surface area (Å²) in [6, 6.07) is 9.44. The summed E-state index contributed by atoms with van der Waals surface area (Å²) in [6.45, 7) is 6.57. The van der Waals surface area contributed by atoms with Gasteiger partial charge in [-0.2, -0.15) is 5.10 Å². The van der Waals surface area contributed by atoms with Crippen molar-refractivity contribution in [1.29, 1.82) is 0 Å². The zero-order chi connectivity index (χ0) is 15.5. The van der Waals surface area contributed by atoms with Crippen molar-refractivity contribution < 1.29 is 0 Å². The first-order valence-electron chi connectivity index (χ1n) is 8.05. The Labute approximate surface area is 132 Å². The van der Waals surface area contributed by atoms with E-state index >= 15 is 0 Å². The molecule has 118 valence electrons. The minimum atomic E-state index is 0.238. The predicted octanol–water partition coefficient (Wildman–Crippen LogP) is 2.44. The first-order valence-corrected chi connectivity index (χ1v) is 8.05. The molecule has 0 aliphatic carbocycles. The van der Waals surface area contributed by atoms with Crippen LogP contribution in [0, 0.1) is 6.92 Å². The molecular weight excluding hydrogens is 274 g/mol. The molecule has 2 heterocycles. The first-order chi connectivity index (χ1) is 10.6. The minimum Gasteiger partial charge on any atom is -0.371 e. The van der Waals surface area contributed by atoms with Gasteiger partial charge in [0, 0.05) is 31.9 Å². The van der Waals surface area contributed by atoms with Crippen molar-refractivity contribution in [3.8, 4) is 0 Å². The van der Waals surface area contributed by atoms with Crippen LogP contribution < -0.4 is 10.2 Å². The number of piperidine rings is 1. The highest BCUT2D eigenvalue weighted by atomic mass is 15.3. The molecule has 1 saturated heterocycles. The van der Waals surface area contributed by atoms with Crippen LogP contribution >= 0.6 is 0 Å². The van der Waals surface area contributed by atoms with Crippen molar-refractivity contribution in [2.75, 3.05) is 18.0 Å². The van der Waals surface area contributed by atoms with Crippen LogP contribution in [0.15, 0.2) is 30.6 Å². The number of nitrogens with one attached hydrogen (secondary N) is 1. The Morgan fingerprint density at radius 3 is 2.59 bits per heavy atom. The molecule has 5 heteroatoms. The molecule has 1 aromatic heterocycles. The number of aromatic nitrogens is 3. The molecule has 0 bridgehead atoms. The average Bonchev–Trinajstić information content (AvgIpc) is 2.95. The van der Waals surface area contributed by atoms with E-state index in [0.29, 0.717) is 6.04 Å². The second-order valence-corrected chi connectivity index (χ2v) is 6.18. The van der Waals surface area contributed by atoms with Crippen molar-refractivity contribution in [3.05, 3.63) is 42.0 Å². The highest BCUT2D eigenvalue weighted by molar-refractivity contribution is 5.53. The van der Waals surface area contributed by atoms with Crippen LogP contribution in [-0.2, 0) is 7.05 Å². The van der Waals surface area contributed by atoms with Gasteiger partial charge in [0.2, 0.25) is 0 Å². The van der Waals surface area contributed by atoms with Gasteiger partial charge in [-0.1, -0.05) is 18.2 Å². The minimum absolute atomic E-state index is 0.238. The Kier molecular flexibility index (Phi) is 4.43. The zero-order valence-corrected chi connectivity index (χ0v) is 13.7. The van der Waals surface area contributed by atoms with Crippen LogP contribution in [0.3, 0.4) is 0 Å². The van der Waals surface area contributed by atoms with E-state index < -0.39 is 0 Å². The Morgan fingerprint density at radius 1 is 1.23 bits per heavy atom. The van der Waals surface area contributed by atoms with E-state index in [2.05, 4.69) is 58.4 Å². The molecule has 1 aliphatic rings. The molecule has 1 N–H and O–H groups in total. The van der Waals surface area contributed by atoms with Crippen molar-refractivity contribution in [3.63, 3.8) is 0 Å². The highest BCUT2D eigenvalue weighted by Crippen LogP contribution is 2.24. The van der Waals surface area contributed by atoms with Crippen molar-refractivity contribution in [2.24, 2.45) is 7.05 Å². The lowest BCUT2D eigenvalue weighted by Crippen LogP contribution is -2.43. The number of anilines is 1. The lowest BCUT2D eigenvalue weighted by atomic mass is 10.0. The predicted molar refractivity (Wildman–Crippen MR) is 89.0 cm³/mol. The molecule has 1 atom stereocenters. The Bertz CT molecular complexity index is 613. The normalized spacial score (nSPS) is 17.7. The molecule has 0 saturated carbocycles. The molecule has 5 nitrogen and oxygen atoms in total. The number of nitrogens with zero attached hydrogens (tertiary/aromatic N) is 4. The molecular formula is C17H25N5. The van der Waals surface area contributed by atoms with Gasteiger partial charge in [0.25, 0.3) is 0 Å². The number of aryl methyl sites for hydroxylation is 2. The fourth-order valence-electron chi connectivity index (χ4n) is 3.33. The van der Waals surface area contributed by atoms with Crippen molar-refractivity contribution in [1.82, 2.24) is 20.1 Å². The second kappa shape index (κ2) is 6.48. The van der Waals surface area contributed by atoms with Crippen LogP contribution in [0.4, 0.5) is 5.69 Å². The van der Waals surface area contributed by atoms with Crippen molar-refractivity contribution in [2.45, 2.75) is 38.8 Å². The number of benzene rings is 1. The van der Waals surface area contributed by atoms with E-state index in [0.717, 1.165) is 31.8 Å². The first kappa shape index (κ1) is 15.0. The van der Waals surface area contributed by atoms with E-state index in [1.165, 1.54) is 11.3 Å². The molecule has 3 rings (SSSR count). The van der Waals surface area contributed by atoms with E-state index in [1.54, 1.807) is 6.33 Å². The maximum absolute atomic E-state index is 4.33. The van der Waals surface area contributed by atoms with Crippen molar-refractivity contribution >= 4 is 5.69 Å². The quantitative estimate of drug-likeness (QED) is 0.942. The van der Waals surface area contributed by atoms with Crippen LogP contribution in [0.25, 0.3) is 0 Å². The van der Waals surface area contributed by atoms with Gasteiger partial charge >= 0.3 is 0 Å². The van der Waals surface area contributed by atoms with Gasteiger partial charge in [0.1, 0.15) is 12.2 Å². The van der Waals surface area contributed by atoms with E-state index in [-0.39, 0.29) is 6.04 Å². The summed E-state index contributed by atoms with van der Waals surface area (Å²) in [5.74, 6) is 1.00.